The van der Waals surface area contributed by atoms with Crippen LogP contribution in [0.5, 0.6) is 11.5 Å². The maximum Gasteiger partial charge on any atom is 0.265 e. The maximum absolute atomic E-state index is 14.7. The summed E-state index contributed by atoms with van der Waals surface area (Å²) in [6.07, 6.45) is 0. The summed E-state index contributed by atoms with van der Waals surface area (Å²) in [5.41, 5.74) is 3.19. The van der Waals surface area contributed by atoms with Crippen molar-refractivity contribution in [3.8, 4) is 23.6 Å². The largest absolute Gasteiger partial charge is 0.493 e. The monoisotopic (exact) mass is 573 g/mol. The van der Waals surface area contributed by atoms with Gasteiger partial charge >= 0.3 is 0 Å². The van der Waals surface area contributed by atoms with Crippen LogP contribution in [0.25, 0.3) is 11.3 Å². The van der Waals surface area contributed by atoms with Gasteiger partial charge in [0.15, 0.2) is 11.5 Å². The second kappa shape index (κ2) is 11.7. The number of hydrogen-bond acceptors (Lipinski definition) is 6. The molecule has 0 N–H and O–H groups in total. The Morgan fingerprint density at radius 3 is 1.93 bits per heavy atom. The minimum atomic E-state index is -4.33. The van der Waals surface area contributed by atoms with Crippen LogP contribution in [0.2, 0.25) is 0 Å². The topological polar surface area (TPSA) is 103 Å². The highest BCUT2D eigenvalue weighted by atomic mass is 32.2. The number of sulfonamides is 1. The van der Waals surface area contributed by atoms with Gasteiger partial charge in [0.1, 0.15) is 12.1 Å². The van der Waals surface area contributed by atoms with Gasteiger partial charge in [-0.3, -0.25) is 4.31 Å². The van der Waals surface area contributed by atoms with Crippen LogP contribution in [-0.2, 0) is 10.0 Å². The highest BCUT2D eigenvalue weighted by Gasteiger charge is 2.44. The molecule has 0 aromatic heterocycles. The van der Waals surface area contributed by atoms with E-state index in [-0.39, 0.29) is 21.7 Å². The number of aryl methyl sites for hydroxylation is 1. The van der Waals surface area contributed by atoms with Crippen LogP contribution in [0.4, 0.5) is 0 Å². The standard InChI is InChI=1S/C34H27N3O4S/c1-23-14-17-27(18-15-23)42(38,39)37-33(25-12-8-5-9-13-25)28(21-35)32(24-10-6-4-7-11-24)29(22-36)34(37)26-16-19-30(40-2)31(20-26)41-3/h4-20,33H,1-3H3. The molecule has 1 aliphatic rings. The van der Waals surface area contributed by atoms with Gasteiger partial charge < -0.3 is 9.47 Å². The first kappa shape index (κ1) is 28.2. The Hall–Kier alpha value is -5.31. The summed E-state index contributed by atoms with van der Waals surface area (Å²) in [4.78, 5) is 0.0322. The predicted molar refractivity (Wildman–Crippen MR) is 160 cm³/mol. The lowest BCUT2D eigenvalue weighted by Gasteiger charge is -2.39. The zero-order valence-electron chi connectivity index (χ0n) is 23.3. The van der Waals surface area contributed by atoms with E-state index < -0.39 is 16.1 Å². The van der Waals surface area contributed by atoms with Crippen molar-refractivity contribution >= 4 is 21.3 Å². The summed E-state index contributed by atoms with van der Waals surface area (Å²) >= 11 is 0. The minimum absolute atomic E-state index is 0.0322. The Kier molecular flexibility index (Phi) is 7.84. The molecule has 4 aromatic rings. The molecule has 1 aliphatic heterocycles. The van der Waals surface area contributed by atoms with Gasteiger partial charge in [-0.05, 0) is 48.4 Å². The number of ether oxygens (including phenoxy) is 2. The molecule has 0 aliphatic carbocycles. The zero-order valence-corrected chi connectivity index (χ0v) is 24.1. The molecule has 0 saturated carbocycles. The van der Waals surface area contributed by atoms with E-state index in [0.29, 0.717) is 33.8 Å². The van der Waals surface area contributed by atoms with Crippen LogP contribution in [0, 0.1) is 29.6 Å². The molecule has 0 spiro atoms. The molecule has 0 amide bonds. The Bertz CT molecular complexity index is 1880. The lowest BCUT2D eigenvalue weighted by Crippen LogP contribution is -2.38. The molecule has 8 heteroatoms. The third kappa shape index (κ3) is 4.89. The third-order valence-corrected chi connectivity index (χ3v) is 8.91. The SMILES string of the molecule is COc1ccc(C2=C(C#N)C(c3ccccc3)=C(C#N)C(c3ccccc3)N2S(=O)(=O)c2ccc(C)cc2)cc1OC. The van der Waals surface area contributed by atoms with Crippen LogP contribution >= 0.6 is 0 Å². The fourth-order valence-electron chi connectivity index (χ4n) is 5.15. The van der Waals surface area contributed by atoms with Crippen LogP contribution < -0.4 is 9.47 Å². The maximum atomic E-state index is 14.7. The van der Waals surface area contributed by atoms with Crippen molar-refractivity contribution in [2.24, 2.45) is 0 Å². The fraction of sp³-hybridized carbons (Fsp3) is 0.118. The molecule has 0 fully saturated rings. The predicted octanol–water partition coefficient (Wildman–Crippen LogP) is 6.67. The van der Waals surface area contributed by atoms with Gasteiger partial charge in [-0.25, -0.2) is 8.42 Å². The van der Waals surface area contributed by atoms with Crippen molar-refractivity contribution in [3.63, 3.8) is 0 Å². The highest BCUT2D eigenvalue weighted by Crippen LogP contribution is 2.50. The van der Waals surface area contributed by atoms with Crippen molar-refractivity contribution in [1.82, 2.24) is 4.31 Å². The molecule has 4 aromatic carbocycles. The highest BCUT2D eigenvalue weighted by molar-refractivity contribution is 7.89. The van der Waals surface area contributed by atoms with Gasteiger partial charge in [0.25, 0.3) is 10.0 Å². The van der Waals surface area contributed by atoms with E-state index in [9.17, 15) is 18.9 Å². The quantitative estimate of drug-likeness (QED) is 0.245. The third-order valence-electron chi connectivity index (χ3n) is 7.13. The molecular formula is C34H27N3O4S. The van der Waals surface area contributed by atoms with Crippen molar-refractivity contribution in [2.45, 2.75) is 17.9 Å². The van der Waals surface area contributed by atoms with Crippen LogP contribution in [-0.4, -0.2) is 26.9 Å². The summed E-state index contributed by atoms with van der Waals surface area (Å²) in [6.45, 7) is 1.87. The Morgan fingerprint density at radius 1 is 0.738 bits per heavy atom. The first-order valence-corrected chi connectivity index (χ1v) is 14.5. The molecule has 1 heterocycles. The molecule has 0 radical (unpaired) electrons. The van der Waals surface area contributed by atoms with E-state index >= 15 is 0 Å². The molecule has 1 atom stereocenters. The zero-order chi connectivity index (χ0) is 29.9. The Morgan fingerprint density at radius 2 is 1.36 bits per heavy atom. The van der Waals surface area contributed by atoms with Gasteiger partial charge in [0.2, 0.25) is 0 Å². The molecular weight excluding hydrogens is 546 g/mol. The van der Waals surface area contributed by atoms with Gasteiger partial charge in [0, 0.05) is 11.1 Å². The molecule has 42 heavy (non-hydrogen) atoms. The lowest BCUT2D eigenvalue weighted by atomic mass is 9.82. The Balaban J connectivity index is 1.96. The van der Waals surface area contributed by atoms with Crippen molar-refractivity contribution < 1.29 is 17.9 Å². The van der Waals surface area contributed by atoms with Crippen LogP contribution in [0.15, 0.2) is 119 Å². The summed E-state index contributed by atoms with van der Waals surface area (Å²) < 4.78 is 41.6. The van der Waals surface area contributed by atoms with Crippen LogP contribution in [0.1, 0.15) is 28.3 Å². The molecule has 1 unspecified atom stereocenters. The van der Waals surface area contributed by atoms with Gasteiger partial charge in [0.05, 0.1) is 42.0 Å². The average Bonchev–Trinajstić information content (AvgIpc) is 3.03. The average molecular weight is 574 g/mol. The van der Waals surface area contributed by atoms with E-state index in [1.54, 1.807) is 54.6 Å². The van der Waals surface area contributed by atoms with Gasteiger partial charge in [-0.2, -0.15) is 10.5 Å². The minimum Gasteiger partial charge on any atom is -0.493 e. The number of benzene rings is 4. The van der Waals surface area contributed by atoms with Crippen molar-refractivity contribution in [1.29, 1.82) is 10.5 Å². The number of allylic oxidation sites excluding steroid dienone is 2. The van der Waals surface area contributed by atoms with E-state index in [1.165, 1.54) is 30.7 Å². The van der Waals surface area contributed by atoms with Crippen LogP contribution in [0.3, 0.4) is 0 Å². The van der Waals surface area contributed by atoms with E-state index in [0.717, 1.165) is 5.56 Å². The summed E-state index contributed by atoms with van der Waals surface area (Å²) in [5.74, 6) is 0.806. The second-order valence-electron chi connectivity index (χ2n) is 9.60. The number of rotatable bonds is 7. The van der Waals surface area contributed by atoms with Crippen molar-refractivity contribution in [2.75, 3.05) is 14.2 Å². The van der Waals surface area contributed by atoms with Crippen molar-refractivity contribution in [3.05, 3.63) is 137 Å². The molecule has 7 nitrogen and oxygen atoms in total. The van der Waals surface area contributed by atoms with E-state index in [2.05, 4.69) is 12.1 Å². The molecule has 5 rings (SSSR count). The number of nitrogens with zero attached hydrogens (tertiary/aromatic N) is 3. The first-order valence-electron chi connectivity index (χ1n) is 13.1. The first-order chi connectivity index (χ1) is 20.3. The fourth-order valence-corrected chi connectivity index (χ4v) is 6.80. The summed E-state index contributed by atoms with van der Waals surface area (Å²) in [6, 6.07) is 33.0. The summed E-state index contributed by atoms with van der Waals surface area (Å²) in [7, 11) is -1.34. The van der Waals surface area contributed by atoms with E-state index in [4.69, 9.17) is 9.47 Å². The van der Waals surface area contributed by atoms with Gasteiger partial charge in [-0.15, -0.1) is 0 Å². The lowest BCUT2D eigenvalue weighted by molar-refractivity contribution is 0.354. The molecule has 208 valence electrons. The second-order valence-corrected chi connectivity index (χ2v) is 11.4. The number of methoxy groups -OCH3 is 2. The van der Waals surface area contributed by atoms with Gasteiger partial charge in [-0.1, -0.05) is 78.4 Å². The molecule has 0 bridgehead atoms. The Labute approximate surface area is 245 Å². The summed E-state index contributed by atoms with van der Waals surface area (Å²) in [5, 5.41) is 21.4. The number of nitriles is 2. The van der Waals surface area contributed by atoms with E-state index in [1.807, 2.05) is 43.3 Å². The molecule has 0 saturated heterocycles. The normalized spacial score (nSPS) is 15.2. The number of hydrogen-bond donors (Lipinski definition) is 0. The smallest absolute Gasteiger partial charge is 0.265 e.